The lowest BCUT2D eigenvalue weighted by Gasteiger charge is -2.02. The smallest absolute Gasteiger partial charge is 0.142 e. The molecule has 0 saturated heterocycles. The largest absolute Gasteiger partial charge is 0.205 e. The van der Waals surface area contributed by atoms with Gasteiger partial charge in [0.1, 0.15) is 5.82 Å². The predicted molar refractivity (Wildman–Crippen MR) is 51.7 cm³/mol. The molecule has 1 aromatic carbocycles. The van der Waals surface area contributed by atoms with Crippen molar-refractivity contribution < 1.29 is 4.39 Å². The zero-order valence-electron chi connectivity index (χ0n) is 5.37. The molecule has 0 unspecified atom stereocenters. The molecule has 0 aromatic heterocycles. The highest BCUT2D eigenvalue weighted by Gasteiger charge is 2.07. The maximum Gasteiger partial charge on any atom is 0.142 e. The summed E-state index contributed by atoms with van der Waals surface area (Å²) in [5, 5.41) is 0.723. The van der Waals surface area contributed by atoms with Crippen LogP contribution in [0.4, 0.5) is 4.39 Å². The normalized spacial score (nSPS) is 10.2. The molecule has 11 heavy (non-hydrogen) atoms. The van der Waals surface area contributed by atoms with Gasteiger partial charge in [0.2, 0.25) is 0 Å². The summed E-state index contributed by atoms with van der Waals surface area (Å²) in [5.74, 6) is -0.385. The van der Waals surface area contributed by atoms with Crippen LogP contribution in [-0.2, 0) is 5.33 Å². The number of hydrogen-bond acceptors (Lipinski definition) is 0. The summed E-state index contributed by atoms with van der Waals surface area (Å²) in [6.45, 7) is 0. The fourth-order valence-electron chi connectivity index (χ4n) is 0.692. The molecule has 1 aromatic rings. The van der Waals surface area contributed by atoms with Crippen LogP contribution in [0.2, 0.25) is 5.02 Å². The summed E-state index contributed by atoms with van der Waals surface area (Å²) in [7, 11) is 0. The quantitative estimate of drug-likeness (QED) is 0.540. The number of halogens is 4. The highest BCUT2D eigenvalue weighted by atomic mass is 79.9. The van der Waals surface area contributed by atoms with Gasteiger partial charge in [0.25, 0.3) is 0 Å². The predicted octanol–water partition coefficient (Wildman–Crippen LogP) is 4.14. The minimum atomic E-state index is -0.385. The number of rotatable bonds is 1. The molecule has 1 rings (SSSR count). The average Bonchev–Trinajstić information content (AvgIpc) is 1.99. The van der Waals surface area contributed by atoms with E-state index in [0.717, 1.165) is 10.0 Å². The van der Waals surface area contributed by atoms with Crippen LogP contribution in [0, 0.1) is 5.82 Å². The molecule has 0 aliphatic rings. The van der Waals surface area contributed by atoms with Crippen molar-refractivity contribution in [1.29, 1.82) is 0 Å². The third-order valence-electron chi connectivity index (χ3n) is 1.27. The van der Waals surface area contributed by atoms with Crippen LogP contribution in [0.1, 0.15) is 5.56 Å². The fourth-order valence-corrected chi connectivity index (χ4v) is 2.63. The lowest BCUT2D eigenvalue weighted by molar-refractivity contribution is 0.626. The minimum Gasteiger partial charge on any atom is -0.205 e. The Labute approximate surface area is 86.0 Å². The van der Waals surface area contributed by atoms with Crippen molar-refractivity contribution in [1.82, 2.24) is 0 Å². The Morgan fingerprint density at radius 2 is 2.09 bits per heavy atom. The second-order valence-corrected chi connectivity index (χ2v) is 3.75. The van der Waals surface area contributed by atoms with Gasteiger partial charge in [-0.2, -0.15) is 0 Å². The van der Waals surface area contributed by atoms with Gasteiger partial charge in [-0.3, -0.25) is 0 Å². The van der Waals surface area contributed by atoms with E-state index in [1.54, 1.807) is 6.07 Å². The number of hydrogen-bond donors (Lipinski definition) is 0. The van der Waals surface area contributed by atoms with Crippen molar-refractivity contribution in [3.8, 4) is 0 Å². The van der Waals surface area contributed by atoms with Gasteiger partial charge >= 0.3 is 0 Å². The van der Waals surface area contributed by atoms with Crippen molar-refractivity contribution in [3.05, 3.63) is 33.0 Å². The summed E-state index contributed by atoms with van der Waals surface area (Å²) < 4.78 is 13.6. The third-order valence-corrected chi connectivity index (χ3v) is 2.98. The van der Waals surface area contributed by atoms with E-state index in [2.05, 4.69) is 31.9 Å². The van der Waals surface area contributed by atoms with E-state index in [4.69, 9.17) is 11.6 Å². The lowest BCUT2D eigenvalue weighted by atomic mass is 10.2. The Morgan fingerprint density at radius 3 is 2.55 bits per heavy atom. The monoisotopic (exact) mass is 300 g/mol. The molecular weight excluding hydrogens is 298 g/mol. The average molecular weight is 302 g/mol. The SMILES string of the molecule is Fc1ccc(Br)c(CBr)c1Cl. The molecule has 0 bridgehead atoms. The van der Waals surface area contributed by atoms with Gasteiger partial charge in [-0.1, -0.05) is 43.5 Å². The molecule has 0 heterocycles. The topological polar surface area (TPSA) is 0 Å². The van der Waals surface area contributed by atoms with Gasteiger partial charge in [-0.25, -0.2) is 4.39 Å². The van der Waals surface area contributed by atoms with Gasteiger partial charge in [-0.15, -0.1) is 0 Å². The summed E-state index contributed by atoms with van der Waals surface area (Å²) in [6.07, 6.45) is 0. The van der Waals surface area contributed by atoms with E-state index in [9.17, 15) is 4.39 Å². The summed E-state index contributed by atoms with van der Waals surface area (Å²) in [5.41, 5.74) is 0.742. The highest BCUT2D eigenvalue weighted by molar-refractivity contribution is 9.10. The molecule has 0 atom stereocenters. The van der Waals surface area contributed by atoms with Crippen LogP contribution >= 0.6 is 43.5 Å². The van der Waals surface area contributed by atoms with Gasteiger partial charge in [0.15, 0.2) is 0 Å². The molecule has 0 N–H and O–H groups in total. The first-order valence-corrected chi connectivity index (χ1v) is 5.14. The van der Waals surface area contributed by atoms with Gasteiger partial charge in [0.05, 0.1) is 5.02 Å². The fraction of sp³-hybridized carbons (Fsp3) is 0.143. The zero-order valence-corrected chi connectivity index (χ0v) is 9.30. The van der Waals surface area contributed by atoms with Crippen molar-refractivity contribution >= 4 is 43.5 Å². The number of alkyl halides is 1. The van der Waals surface area contributed by atoms with Gasteiger partial charge in [-0.05, 0) is 17.7 Å². The van der Waals surface area contributed by atoms with Crippen LogP contribution in [0.15, 0.2) is 16.6 Å². The molecule has 0 nitrogen and oxygen atoms in total. The maximum atomic E-state index is 12.8. The van der Waals surface area contributed by atoms with E-state index in [0.29, 0.717) is 5.33 Å². The van der Waals surface area contributed by atoms with Crippen LogP contribution in [0.5, 0.6) is 0 Å². The maximum absolute atomic E-state index is 12.8. The van der Waals surface area contributed by atoms with Crippen LogP contribution in [-0.4, -0.2) is 0 Å². The lowest BCUT2D eigenvalue weighted by Crippen LogP contribution is -1.86. The van der Waals surface area contributed by atoms with Gasteiger partial charge in [0, 0.05) is 9.80 Å². The summed E-state index contributed by atoms with van der Waals surface area (Å²) in [4.78, 5) is 0. The Morgan fingerprint density at radius 1 is 1.45 bits per heavy atom. The van der Waals surface area contributed by atoms with Crippen LogP contribution in [0.3, 0.4) is 0 Å². The van der Waals surface area contributed by atoms with Crippen molar-refractivity contribution in [2.45, 2.75) is 5.33 Å². The molecule has 0 amide bonds. The Balaban J connectivity index is 3.29. The molecule has 60 valence electrons. The second-order valence-electron chi connectivity index (χ2n) is 1.96. The molecule has 0 radical (unpaired) electrons. The van der Waals surface area contributed by atoms with Gasteiger partial charge < -0.3 is 0 Å². The van der Waals surface area contributed by atoms with Crippen molar-refractivity contribution in [2.24, 2.45) is 0 Å². The van der Waals surface area contributed by atoms with E-state index >= 15 is 0 Å². The first-order chi connectivity index (χ1) is 5.16. The number of benzene rings is 1. The molecule has 0 aliphatic heterocycles. The summed E-state index contributed by atoms with van der Waals surface area (Å²) >= 11 is 12.1. The third kappa shape index (κ3) is 1.95. The van der Waals surface area contributed by atoms with E-state index in [1.165, 1.54) is 6.07 Å². The molecule has 4 heteroatoms. The van der Waals surface area contributed by atoms with Crippen LogP contribution in [0.25, 0.3) is 0 Å². The molecule has 0 fully saturated rings. The Bertz CT molecular complexity index is 275. The Kier molecular flexibility index (Phi) is 3.34. The molecule has 0 saturated carbocycles. The standard InChI is InChI=1S/C7H4Br2ClF/c8-3-4-5(9)1-2-6(11)7(4)10/h1-2H,3H2. The van der Waals surface area contributed by atoms with Crippen LogP contribution < -0.4 is 0 Å². The Hall–Kier alpha value is 0.400. The minimum absolute atomic E-state index is 0.177. The zero-order chi connectivity index (χ0) is 8.43. The van der Waals surface area contributed by atoms with E-state index < -0.39 is 0 Å². The molecule has 0 spiro atoms. The second kappa shape index (κ2) is 3.87. The first-order valence-electron chi connectivity index (χ1n) is 2.85. The molecular formula is C7H4Br2ClF. The highest BCUT2D eigenvalue weighted by Crippen LogP contribution is 2.29. The van der Waals surface area contributed by atoms with E-state index in [-0.39, 0.29) is 10.8 Å². The van der Waals surface area contributed by atoms with Crippen molar-refractivity contribution in [2.75, 3.05) is 0 Å². The van der Waals surface area contributed by atoms with E-state index in [1.807, 2.05) is 0 Å². The summed E-state index contributed by atoms with van der Waals surface area (Å²) in [6, 6.07) is 2.97. The molecule has 0 aliphatic carbocycles. The first kappa shape index (κ1) is 9.49. The van der Waals surface area contributed by atoms with Crippen molar-refractivity contribution in [3.63, 3.8) is 0 Å².